The zero-order valence-electron chi connectivity index (χ0n) is 8.04. The van der Waals surface area contributed by atoms with Crippen LogP contribution in [0.3, 0.4) is 0 Å². The molecule has 1 rings (SSSR count). The van der Waals surface area contributed by atoms with Crippen LogP contribution in [-0.4, -0.2) is 11.7 Å². The van der Waals surface area contributed by atoms with Crippen molar-refractivity contribution in [3.8, 4) is 0 Å². The zero-order chi connectivity index (χ0) is 9.36. The van der Waals surface area contributed by atoms with Crippen molar-refractivity contribution in [3.63, 3.8) is 0 Å². The van der Waals surface area contributed by atoms with E-state index in [-0.39, 0.29) is 0 Å². The summed E-state index contributed by atoms with van der Waals surface area (Å²) in [6.07, 6.45) is 8.52. The van der Waals surface area contributed by atoms with Crippen molar-refractivity contribution < 1.29 is 9.52 Å². The van der Waals surface area contributed by atoms with E-state index in [0.717, 1.165) is 25.0 Å². The van der Waals surface area contributed by atoms with Crippen LogP contribution in [0.1, 0.15) is 37.9 Å². The molecule has 2 heteroatoms. The Morgan fingerprint density at radius 1 is 1.08 bits per heavy atom. The lowest BCUT2D eigenvalue weighted by Crippen LogP contribution is -1.85. The highest BCUT2D eigenvalue weighted by atomic mass is 16.3. The summed E-state index contributed by atoms with van der Waals surface area (Å²) in [5, 5.41) is 8.56. The maximum atomic E-state index is 8.56. The Balaban J connectivity index is 1.90. The number of hydrogen-bond donors (Lipinski definition) is 1. The number of aryl methyl sites for hydroxylation is 1. The van der Waals surface area contributed by atoms with Gasteiger partial charge in [-0.05, 0) is 25.0 Å². The van der Waals surface area contributed by atoms with Gasteiger partial charge in [0.05, 0.1) is 6.26 Å². The van der Waals surface area contributed by atoms with Gasteiger partial charge in [0.1, 0.15) is 5.76 Å². The smallest absolute Gasteiger partial charge is 0.103 e. The summed E-state index contributed by atoms with van der Waals surface area (Å²) in [6.45, 7) is 0.332. The summed E-state index contributed by atoms with van der Waals surface area (Å²) >= 11 is 0. The molecule has 2 nitrogen and oxygen atoms in total. The third kappa shape index (κ3) is 4.73. The molecule has 0 amide bonds. The van der Waals surface area contributed by atoms with Crippen molar-refractivity contribution in [2.45, 2.75) is 38.5 Å². The molecule has 0 radical (unpaired) electrons. The van der Waals surface area contributed by atoms with Gasteiger partial charge in [0, 0.05) is 13.0 Å². The van der Waals surface area contributed by atoms with Crippen molar-refractivity contribution in [1.82, 2.24) is 0 Å². The summed E-state index contributed by atoms with van der Waals surface area (Å²) in [6, 6.07) is 3.95. The standard InChI is InChI=1S/C11H18O2/c12-9-5-3-1-2-4-7-11-8-6-10-13-11/h6,8,10,12H,1-5,7,9H2. The molecule has 0 aliphatic carbocycles. The van der Waals surface area contributed by atoms with Gasteiger partial charge in [-0.15, -0.1) is 0 Å². The molecular weight excluding hydrogens is 164 g/mol. The molecule has 1 N–H and O–H groups in total. The SMILES string of the molecule is OCCCCCCCc1ccco1. The van der Waals surface area contributed by atoms with E-state index < -0.39 is 0 Å². The summed E-state index contributed by atoms with van der Waals surface area (Å²) < 4.78 is 5.22. The third-order valence-electron chi connectivity index (χ3n) is 2.16. The molecule has 1 aromatic rings. The lowest BCUT2D eigenvalue weighted by Gasteiger charge is -1.98. The van der Waals surface area contributed by atoms with Gasteiger partial charge >= 0.3 is 0 Å². The highest BCUT2D eigenvalue weighted by molar-refractivity contribution is 4.97. The average molecular weight is 182 g/mol. The Kier molecular flexibility index (Phi) is 5.34. The van der Waals surface area contributed by atoms with E-state index in [1.54, 1.807) is 6.26 Å². The van der Waals surface area contributed by atoms with Crippen molar-refractivity contribution in [2.75, 3.05) is 6.61 Å². The Morgan fingerprint density at radius 3 is 2.54 bits per heavy atom. The van der Waals surface area contributed by atoms with Crippen LogP contribution < -0.4 is 0 Å². The molecule has 0 aromatic carbocycles. The van der Waals surface area contributed by atoms with E-state index in [1.807, 2.05) is 12.1 Å². The van der Waals surface area contributed by atoms with Gasteiger partial charge in [0.15, 0.2) is 0 Å². The van der Waals surface area contributed by atoms with E-state index in [2.05, 4.69) is 0 Å². The number of aliphatic hydroxyl groups excluding tert-OH is 1. The van der Waals surface area contributed by atoms with Gasteiger partial charge in [-0.25, -0.2) is 0 Å². The molecule has 1 heterocycles. The van der Waals surface area contributed by atoms with Crippen molar-refractivity contribution >= 4 is 0 Å². The average Bonchev–Trinajstić information content (AvgIpc) is 2.63. The van der Waals surface area contributed by atoms with Gasteiger partial charge < -0.3 is 9.52 Å². The maximum Gasteiger partial charge on any atom is 0.103 e. The molecule has 0 saturated heterocycles. The predicted molar refractivity (Wildman–Crippen MR) is 52.6 cm³/mol. The molecule has 0 fully saturated rings. The molecule has 0 atom stereocenters. The minimum absolute atomic E-state index is 0.332. The summed E-state index contributed by atoms with van der Waals surface area (Å²) in [5.74, 6) is 1.09. The van der Waals surface area contributed by atoms with Gasteiger partial charge in [0.25, 0.3) is 0 Å². The van der Waals surface area contributed by atoms with Gasteiger partial charge in [0.2, 0.25) is 0 Å². The minimum atomic E-state index is 0.332. The molecule has 74 valence electrons. The fraction of sp³-hybridized carbons (Fsp3) is 0.636. The lowest BCUT2D eigenvalue weighted by atomic mass is 10.1. The number of unbranched alkanes of at least 4 members (excludes halogenated alkanes) is 4. The van der Waals surface area contributed by atoms with Crippen LogP contribution >= 0.6 is 0 Å². The Morgan fingerprint density at radius 2 is 1.85 bits per heavy atom. The Hall–Kier alpha value is -0.760. The van der Waals surface area contributed by atoms with Crippen molar-refractivity contribution in [1.29, 1.82) is 0 Å². The summed E-state index contributed by atoms with van der Waals surface area (Å²) in [7, 11) is 0. The highest BCUT2D eigenvalue weighted by Crippen LogP contribution is 2.08. The Labute approximate surface area is 79.6 Å². The van der Waals surface area contributed by atoms with E-state index in [4.69, 9.17) is 9.52 Å². The molecule has 0 saturated carbocycles. The molecule has 1 aromatic heterocycles. The maximum absolute atomic E-state index is 8.56. The predicted octanol–water partition coefficient (Wildman–Crippen LogP) is 2.76. The van der Waals surface area contributed by atoms with Crippen molar-refractivity contribution in [2.24, 2.45) is 0 Å². The van der Waals surface area contributed by atoms with Crippen LogP contribution in [-0.2, 0) is 6.42 Å². The first-order chi connectivity index (χ1) is 6.43. The van der Waals surface area contributed by atoms with Gasteiger partial charge in [-0.2, -0.15) is 0 Å². The Bertz CT molecular complexity index is 192. The number of hydrogen-bond acceptors (Lipinski definition) is 2. The first-order valence-electron chi connectivity index (χ1n) is 5.06. The molecule has 0 aliphatic rings. The number of aliphatic hydroxyl groups is 1. The molecule has 0 unspecified atom stereocenters. The second-order valence-corrected chi connectivity index (χ2v) is 3.32. The van der Waals surface area contributed by atoms with Crippen LogP contribution in [0.15, 0.2) is 22.8 Å². The summed E-state index contributed by atoms with van der Waals surface area (Å²) in [5.41, 5.74) is 0. The summed E-state index contributed by atoms with van der Waals surface area (Å²) in [4.78, 5) is 0. The quantitative estimate of drug-likeness (QED) is 0.658. The fourth-order valence-corrected chi connectivity index (χ4v) is 1.40. The first-order valence-corrected chi connectivity index (χ1v) is 5.06. The second kappa shape index (κ2) is 6.72. The lowest BCUT2D eigenvalue weighted by molar-refractivity contribution is 0.282. The van der Waals surface area contributed by atoms with E-state index in [9.17, 15) is 0 Å². The van der Waals surface area contributed by atoms with Crippen LogP contribution in [0.4, 0.5) is 0 Å². The first kappa shape index (κ1) is 10.3. The third-order valence-corrected chi connectivity index (χ3v) is 2.16. The van der Waals surface area contributed by atoms with Crippen LogP contribution in [0.5, 0.6) is 0 Å². The second-order valence-electron chi connectivity index (χ2n) is 3.32. The van der Waals surface area contributed by atoms with E-state index >= 15 is 0 Å². The molecule has 13 heavy (non-hydrogen) atoms. The number of furan rings is 1. The molecule has 0 bridgehead atoms. The molecular formula is C11H18O2. The number of rotatable bonds is 7. The van der Waals surface area contributed by atoms with Gasteiger partial charge in [-0.1, -0.05) is 19.3 Å². The minimum Gasteiger partial charge on any atom is -0.469 e. The van der Waals surface area contributed by atoms with Crippen LogP contribution in [0.2, 0.25) is 0 Å². The largest absolute Gasteiger partial charge is 0.469 e. The van der Waals surface area contributed by atoms with Crippen molar-refractivity contribution in [3.05, 3.63) is 24.2 Å². The topological polar surface area (TPSA) is 33.4 Å². The molecule has 0 aliphatic heterocycles. The van der Waals surface area contributed by atoms with Crippen LogP contribution in [0, 0.1) is 0 Å². The van der Waals surface area contributed by atoms with E-state index in [1.165, 1.54) is 19.3 Å². The van der Waals surface area contributed by atoms with Gasteiger partial charge in [-0.3, -0.25) is 0 Å². The normalized spacial score (nSPS) is 10.5. The van der Waals surface area contributed by atoms with E-state index in [0.29, 0.717) is 6.61 Å². The van der Waals surface area contributed by atoms with Crippen LogP contribution in [0.25, 0.3) is 0 Å². The molecule has 0 spiro atoms. The zero-order valence-corrected chi connectivity index (χ0v) is 8.04. The highest BCUT2D eigenvalue weighted by Gasteiger charge is 1.95. The monoisotopic (exact) mass is 182 g/mol. The fourth-order valence-electron chi connectivity index (χ4n) is 1.40.